The third kappa shape index (κ3) is 2.90. The van der Waals surface area contributed by atoms with Crippen LogP contribution in [0.25, 0.3) is 5.65 Å². The summed E-state index contributed by atoms with van der Waals surface area (Å²) in [6, 6.07) is 16.0. The number of hydrogen-bond acceptors (Lipinski definition) is 3. The van der Waals surface area contributed by atoms with E-state index in [9.17, 15) is 4.79 Å². The number of aromatic nitrogens is 2. The molecule has 5 heteroatoms. The molecule has 1 aliphatic rings. The first-order valence-electron chi connectivity index (χ1n) is 8.34. The number of piperazine rings is 1. The number of rotatable bonds is 4. The van der Waals surface area contributed by atoms with E-state index >= 15 is 0 Å². The maximum atomic E-state index is 12.8. The number of benzene rings is 1. The smallest absolute Gasteiger partial charge is 0.245 e. The summed E-state index contributed by atoms with van der Waals surface area (Å²) in [6.07, 6.45) is 5.56. The molecule has 1 aromatic carbocycles. The lowest BCUT2D eigenvalue weighted by molar-refractivity contribution is -0.121. The standard InChI is InChI=1S/C19H20N4O/c24-19-16(10-9-15-6-2-1-3-7-15)20-11-13-23(19)18-14-22-12-5-4-8-17(22)21-18/h1-8,12,14,16,20H,9-11,13H2/t16-/m1/s1. The van der Waals surface area contributed by atoms with Gasteiger partial charge in [-0.2, -0.15) is 0 Å². The van der Waals surface area contributed by atoms with Crippen LogP contribution in [0, 0.1) is 0 Å². The van der Waals surface area contributed by atoms with E-state index in [-0.39, 0.29) is 11.9 Å². The molecule has 4 rings (SSSR count). The van der Waals surface area contributed by atoms with Crippen molar-refractivity contribution in [2.45, 2.75) is 18.9 Å². The fourth-order valence-electron chi connectivity index (χ4n) is 3.20. The number of carbonyl (C=O) groups excluding carboxylic acids is 1. The molecule has 0 spiro atoms. The SMILES string of the molecule is O=C1[C@@H](CCc2ccccc2)NCCN1c1cn2ccccc2n1. The van der Waals surface area contributed by atoms with Crippen molar-refractivity contribution in [2.75, 3.05) is 18.0 Å². The third-order valence-corrected chi connectivity index (χ3v) is 4.48. The molecule has 3 heterocycles. The molecule has 1 fully saturated rings. The Balaban J connectivity index is 1.49. The van der Waals surface area contributed by atoms with Crippen LogP contribution in [0.3, 0.4) is 0 Å². The topological polar surface area (TPSA) is 49.6 Å². The number of anilines is 1. The lowest BCUT2D eigenvalue weighted by Crippen LogP contribution is -2.55. The minimum absolute atomic E-state index is 0.112. The summed E-state index contributed by atoms with van der Waals surface area (Å²) in [5, 5.41) is 3.35. The first-order valence-corrected chi connectivity index (χ1v) is 8.34. The van der Waals surface area contributed by atoms with Gasteiger partial charge in [-0.3, -0.25) is 9.69 Å². The van der Waals surface area contributed by atoms with Crippen LogP contribution in [0.15, 0.2) is 60.9 Å². The van der Waals surface area contributed by atoms with Crippen LogP contribution in [-0.4, -0.2) is 34.4 Å². The third-order valence-electron chi connectivity index (χ3n) is 4.48. The molecule has 0 saturated carbocycles. The molecule has 5 nitrogen and oxygen atoms in total. The van der Waals surface area contributed by atoms with Gasteiger partial charge in [-0.25, -0.2) is 4.98 Å². The van der Waals surface area contributed by atoms with Gasteiger partial charge >= 0.3 is 0 Å². The quantitative estimate of drug-likeness (QED) is 0.802. The van der Waals surface area contributed by atoms with Crippen molar-refractivity contribution in [1.29, 1.82) is 0 Å². The monoisotopic (exact) mass is 320 g/mol. The van der Waals surface area contributed by atoms with Gasteiger partial charge in [0.25, 0.3) is 0 Å². The molecule has 122 valence electrons. The number of carbonyl (C=O) groups is 1. The lowest BCUT2D eigenvalue weighted by Gasteiger charge is -2.31. The van der Waals surface area contributed by atoms with Crippen molar-refractivity contribution >= 4 is 17.4 Å². The Labute approximate surface area is 140 Å². The molecule has 0 unspecified atom stereocenters. The fraction of sp³-hybridized carbons (Fsp3) is 0.263. The Morgan fingerprint density at radius 3 is 2.79 bits per heavy atom. The van der Waals surface area contributed by atoms with E-state index in [1.165, 1.54) is 5.56 Å². The van der Waals surface area contributed by atoms with E-state index in [2.05, 4.69) is 22.4 Å². The van der Waals surface area contributed by atoms with E-state index < -0.39 is 0 Å². The molecular formula is C19H20N4O. The highest BCUT2D eigenvalue weighted by Gasteiger charge is 2.30. The van der Waals surface area contributed by atoms with Crippen molar-refractivity contribution in [2.24, 2.45) is 0 Å². The van der Waals surface area contributed by atoms with Gasteiger partial charge in [0.05, 0.1) is 12.2 Å². The first kappa shape index (κ1) is 14.9. The molecule has 24 heavy (non-hydrogen) atoms. The highest BCUT2D eigenvalue weighted by Crippen LogP contribution is 2.18. The Kier molecular flexibility index (Phi) is 4.01. The Morgan fingerprint density at radius 2 is 1.96 bits per heavy atom. The summed E-state index contributed by atoms with van der Waals surface area (Å²) in [7, 11) is 0. The Bertz CT molecular complexity index is 810. The van der Waals surface area contributed by atoms with E-state index in [0.29, 0.717) is 6.54 Å². The average molecular weight is 320 g/mol. The number of pyridine rings is 1. The maximum absolute atomic E-state index is 12.8. The lowest BCUT2D eigenvalue weighted by atomic mass is 10.0. The number of imidazole rings is 1. The zero-order valence-corrected chi connectivity index (χ0v) is 13.4. The van der Waals surface area contributed by atoms with Crippen LogP contribution in [0.4, 0.5) is 5.82 Å². The molecule has 1 N–H and O–H groups in total. The predicted octanol–water partition coefficient (Wildman–Crippen LogP) is 2.27. The second-order valence-corrected chi connectivity index (χ2v) is 6.09. The fourth-order valence-corrected chi connectivity index (χ4v) is 3.20. The first-order chi connectivity index (χ1) is 11.8. The molecule has 1 atom stereocenters. The Morgan fingerprint density at radius 1 is 1.12 bits per heavy atom. The average Bonchev–Trinajstić information content (AvgIpc) is 3.05. The number of hydrogen-bond donors (Lipinski definition) is 1. The summed E-state index contributed by atoms with van der Waals surface area (Å²) in [5.41, 5.74) is 2.12. The van der Waals surface area contributed by atoms with Gasteiger partial charge in [-0.15, -0.1) is 0 Å². The van der Waals surface area contributed by atoms with Crippen LogP contribution < -0.4 is 10.2 Å². The summed E-state index contributed by atoms with van der Waals surface area (Å²) in [5.74, 6) is 0.845. The minimum Gasteiger partial charge on any atom is -0.305 e. The molecular weight excluding hydrogens is 300 g/mol. The molecule has 2 aromatic heterocycles. The van der Waals surface area contributed by atoms with E-state index in [0.717, 1.165) is 30.9 Å². The van der Waals surface area contributed by atoms with Gasteiger partial charge in [0.1, 0.15) is 5.65 Å². The van der Waals surface area contributed by atoms with Crippen LogP contribution >= 0.6 is 0 Å². The highest BCUT2D eigenvalue weighted by atomic mass is 16.2. The van der Waals surface area contributed by atoms with E-state index in [1.54, 1.807) is 4.90 Å². The summed E-state index contributed by atoms with van der Waals surface area (Å²) in [4.78, 5) is 19.2. The molecule has 1 aliphatic heterocycles. The number of nitrogens with one attached hydrogen (secondary N) is 1. The minimum atomic E-state index is -0.149. The highest BCUT2D eigenvalue weighted by molar-refractivity contribution is 5.97. The van der Waals surface area contributed by atoms with Crippen LogP contribution in [0.2, 0.25) is 0 Å². The zero-order chi connectivity index (χ0) is 16.4. The predicted molar refractivity (Wildman–Crippen MR) is 94.1 cm³/mol. The molecule has 3 aromatic rings. The van der Waals surface area contributed by atoms with Gasteiger partial charge in [0, 0.05) is 19.3 Å². The normalized spacial score (nSPS) is 18.2. The van der Waals surface area contributed by atoms with Crippen molar-refractivity contribution in [3.05, 3.63) is 66.5 Å². The Hall–Kier alpha value is -2.66. The van der Waals surface area contributed by atoms with E-state index in [1.807, 2.05) is 53.2 Å². The zero-order valence-electron chi connectivity index (χ0n) is 13.4. The van der Waals surface area contributed by atoms with Crippen molar-refractivity contribution in [1.82, 2.24) is 14.7 Å². The summed E-state index contributed by atoms with van der Waals surface area (Å²) in [6.45, 7) is 1.45. The van der Waals surface area contributed by atoms with Crippen LogP contribution in [-0.2, 0) is 11.2 Å². The molecule has 1 saturated heterocycles. The second kappa shape index (κ2) is 6.45. The van der Waals surface area contributed by atoms with Gasteiger partial charge < -0.3 is 9.72 Å². The van der Waals surface area contributed by atoms with Gasteiger partial charge in [-0.05, 0) is 30.5 Å². The summed E-state index contributed by atoms with van der Waals surface area (Å²) < 4.78 is 1.95. The number of fused-ring (bicyclic) bond motifs is 1. The molecule has 0 bridgehead atoms. The number of aryl methyl sites for hydroxylation is 1. The second-order valence-electron chi connectivity index (χ2n) is 6.09. The maximum Gasteiger partial charge on any atom is 0.245 e. The van der Waals surface area contributed by atoms with Crippen molar-refractivity contribution < 1.29 is 4.79 Å². The van der Waals surface area contributed by atoms with Crippen LogP contribution in [0.1, 0.15) is 12.0 Å². The largest absolute Gasteiger partial charge is 0.305 e. The number of nitrogens with zero attached hydrogens (tertiary/aromatic N) is 3. The van der Waals surface area contributed by atoms with Crippen molar-refractivity contribution in [3.8, 4) is 0 Å². The molecule has 0 radical (unpaired) electrons. The molecule has 0 aliphatic carbocycles. The molecule has 1 amide bonds. The van der Waals surface area contributed by atoms with Gasteiger partial charge in [0.15, 0.2) is 5.82 Å². The van der Waals surface area contributed by atoms with Gasteiger partial charge in [-0.1, -0.05) is 36.4 Å². The summed E-state index contributed by atoms with van der Waals surface area (Å²) >= 11 is 0. The number of amides is 1. The van der Waals surface area contributed by atoms with Gasteiger partial charge in [0.2, 0.25) is 5.91 Å². The van der Waals surface area contributed by atoms with Crippen LogP contribution in [0.5, 0.6) is 0 Å². The van der Waals surface area contributed by atoms with Crippen molar-refractivity contribution in [3.63, 3.8) is 0 Å². The van der Waals surface area contributed by atoms with E-state index in [4.69, 9.17) is 0 Å².